The summed E-state index contributed by atoms with van der Waals surface area (Å²) in [6.45, 7) is 5.69. The third-order valence-corrected chi connectivity index (χ3v) is 4.05. The maximum absolute atomic E-state index is 11.9. The van der Waals surface area contributed by atoms with E-state index in [1.165, 1.54) is 6.92 Å². The van der Waals surface area contributed by atoms with Gasteiger partial charge in [0.25, 0.3) is 0 Å². The van der Waals surface area contributed by atoms with Crippen LogP contribution in [-0.2, 0) is 19.2 Å². The molecule has 6 heteroatoms. The maximum Gasteiger partial charge on any atom is 0.229 e. The van der Waals surface area contributed by atoms with Crippen molar-refractivity contribution < 1.29 is 19.2 Å². The molecule has 0 aromatic heterocycles. The lowest BCUT2D eigenvalue weighted by Gasteiger charge is -2.20. The fourth-order valence-electron chi connectivity index (χ4n) is 2.29. The summed E-state index contributed by atoms with van der Waals surface area (Å²) in [5.41, 5.74) is 0. The summed E-state index contributed by atoms with van der Waals surface area (Å²) >= 11 is 0. The van der Waals surface area contributed by atoms with Crippen LogP contribution in [-0.4, -0.2) is 47.9 Å². The van der Waals surface area contributed by atoms with Crippen molar-refractivity contribution in [1.29, 1.82) is 0 Å². The van der Waals surface area contributed by atoms with Crippen LogP contribution in [0.5, 0.6) is 0 Å². The Balaban J connectivity index is 2.22. The molecule has 2 unspecified atom stereocenters. The molecule has 1 saturated carbocycles. The Morgan fingerprint density at radius 1 is 1.14 bits per heavy atom. The summed E-state index contributed by atoms with van der Waals surface area (Å²) in [6.07, 6.45) is 1.15. The lowest BCUT2D eigenvalue weighted by Crippen LogP contribution is -2.34. The molecule has 1 rings (SSSR count). The Hall–Kier alpha value is -1.72. The second kappa shape index (κ2) is 8.06. The molecule has 0 bridgehead atoms. The van der Waals surface area contributed by atoms with Crippen LogP contribution in [0.3, 0.4) is 0 Å². The Morgan fingerprint density at radius 3 is 2.32 bits per heavy atom. The Bertz CT molecular complexity index is 459. The second-order valence-corrected chi connectivity index (χ2v) is 6.46. The predicted octanol–water partition coefficient (Wildman–Crippen LogP) is 0.934. The highest BCUT2D eigenvalue weighted by Gasteiger charge is 2.38. The molecular weight excluding hydrogens is 284 g/mol. The molecule has 0 heterocycles. The van der Waals surface area contributed by atoms with Crippen molar-refractivity contribution in [2.75, 3.05) is 13.6 Å². The summed E-state index contributed by atoms with van der Waals surface area (Å²) in [6, 6.07) is 0.0884. The van der Waals surface area contributed by atoms with Crippen LogP contribution in [0.2, 0.25) is 0 Å². The van der Waals surface area contributed by atoms with E-state index in [1.807, 2.05) is 13.8 Å². The standard InChI is InChI=1S/C16H26N2O4/c1-10(2)18(4)16(22)8-14(20)7-12-6-13(12)9-17-15(21)5-11(3)19/h10,12-13H,5-9H2,1-4H3,(H,17,21). The quantitative estimate of drug-likeness (QED) is 0.642. The van der Waals surface area contributed by atoms with Gasteiger partial charge in [0, 0.05) is 26.1 Å². The SMILES string of the molecule is CC(=O)CC(=O)NCC1CC1CC(=O)CC(=O)N(C)C(C)C. The number of carbonyl (C=O) groups excluding carboxylic acids is 4. The van der Waals surface area contributed by atoms with Crippen molar-refractivity contribution in [2.45, 2.75) is 52.5 Å². The molecule has 1 aliphatic carbocycles. The molecule has 0 spiro atoms. The fraction of sp³-hybridized carbons (Fsp3) is 0.750. The highest BCUT2D eigenvalue weighted by Crippen LogP contribution is 2.41. The van der Waals surface area contributed by atoms with Gasteiger partial charge in [0.15, 0.2) is 0 Å². The van der Waals surface area contributed by atoms with Crippen molar-refractivity contribution >= 4 is 23.4 Å². The fourth-order valence-corrected chi connectivity index (χ4v) is 2.29. The number of ketones is 2. The van der Waals surface area contributed by atoms with Crippen molar-refractivity contribution in [2.24, 2.45) is 11.8 Å². The zero-order valence-electron chi connectivity index (χ0n) is 13.8. The molecule has 1 aliphatic rings. The number of Topliss-reactive ketones (excluding diaryl/α,β-unsaturated/α-hetero) is 2. The zero-order valence-corrected chi connectivity index (χ0v) is 13.8. The van der Waals surface area contributed by atoms with Crippen LogP contribution in [0.25, 0.3) is 0 Å². The van der Waals surface area contributed by atoms with Gasteiger partial charge in [0.2, 0.25) is 11.8 Å². The van der Waals surface area contributed by atoms with Gasteiger partial charge in [-0.15, -0.1) is 0 Å². The van der Waals surface area contributed by atoms with Gasteiger partial charge in [-0.2, -0.15) is 0 Å². The molecule has 2 amide bonds. The molecule has 0 aliphatic heterocycles. The molecule has 124 valence electrons. The predicted molar refractivity (Wildman–Crippen MR) is 82.1 cm³/mol. The number of hydrogen-bond donors (Lipinski definition) is 1. The van der Waals surface area contributed by atoms with E-state index in [0.717, 1.165) is 6.42 Å². The van der Waals surface area contributed by atoms with Gasteiger partial charge >= 0.3 is 0 Å². The molecule has 1 N–H and O–H groups in total. The van der Waals surface area contributed by atoms with E-state index < -0.39 is 0 Å². The molecule has 0 aromatic rings. The Morgan fingerprint density at radius 2 is 1.77 bits per heavy atom. The molecule has 2 atom stereocenters. The van der Waals surface area contributed by atoms with Gasteiger partial charge in [0.05, 0.1) is 12.8 Å². The lowest BCUT2D eigenvalue weighted by atomic mass is 10.1. The highest BCUT2D eigenvalue weighted by atomic mass is 16.2. The van der Waals surface area contributed by atoms with Gasteiger partial charge < -0.3 is 10.2 Å². The molecule has 0 radical (unpaired) electrons. The number of carbonyl (C=O) groups is 4. The van der Waals surface area contributed by atoms with E-state index in [1.54, 1.807) is 11.9 Å². The van der Waals surface area contributed by atoms with Gasteiger partial charge in [0.1, 0.15) is 11.6 Å². The number of nitrogens with zero attached hydrogens (tertiary/aromatic N) is 1. The van der Waals surface area contributed by atoms with Gasteiger partial charge in [-0.3, -0.25) is 19.2 Å². The largest absolute Gasteiger partial charge is 0.355 e. The first kappa shape index (κ1) is 18.3. The molecule has 0 saturated heterocycles. The van der Waals surface area contributed by atoms with Crippen LogP contribution < -0.4 is 5.32 Å². The van der Waals surface area contributed by atoms with Gasteiger partial charge in [-0.05, 0) is 39.0 Å². The third kappa shape index (κ3) is 6.37. The van der Waals surface area contributed by atoms with Crippen LogP contribution in [0.4, 0.5) is 0 Å². The molecule has 22 heavy (non-hydrogen) atoms. The third-order valence-electron chi connectivity index (χ3n) is 4.05. The van der Waals surface area contributed by atoms with E-state index in [4.69, 9.17) is 0 Å². The van der Waals surface area contributed by atoms with Crippen LogP contribution in [0.15, 0.2) is 0 Å². The molecule has 1 fully saturated rings. The normalized spacial score (nSPS) is 19.7. The molecule has 6 nitrogen and oxygen atoms in total. The molecule has 0 aromatic carbocycles. The summed E-state index contributed by atoms with van der Waals surface area (Å²) < 4.78 is 0. The van der Waals surface area contributed by atoms with Crippen molar-refractivity contribution in [3.63, 3.8) is 0 Å². The average Bonchev–Trinajstić information content (AvgIpc) is 3.12. The first-order valence-electron chi connectivity index (χ1n) is 7.74. The van der Waals surface area contributed by atoms with Crippen molar-refractivity contribution in [1.82, 2.24) is 10.2 Å². The highest BCUT2D eigenvalue weighted by molar-refractivity contribution is 5.98. The van der Waals surface area contributed by atoms with Crippen molar-refractivity contribution in [3.05, 3.63) is 0 Å². The van der Waals surface area contributed by atoms with E-state index in [0.29, 0.717) is 13.0 Å². The summed E-state index contributed by atoms with van der Waals surface area (Å²) in [5, 5.41) is 2.71. The number of nitrogens with one attached hydrogen (secondary N) is 1. The first-order valence-corrected chi connectivity index (χ1v) is 7.74. The average molecular weight is 310 g/mol. The monoisotopic (exact) mass is 310 g/mol. The minimum Gasteiger partial charge on any atom is -0.355 e. The minimum atomic E-state index is -0.266. The lowest BCUT2D eigenvalue weighted by molar-refractivity contribution is -0.135. The van der Waals surface area contributed by atoms with Gasteiger partial charge in [-0.25, -0.2) is 0 Å². The van der Waals surface area contributed by atoms with E-state index in [9.17, 15) is 19.2 Å². The van der Waals surface area contributed by atoms with Gasteiger partial charge in [-0.1, -0.05) is 0 Å². The summed E-state index contributed by atoms with van der Waals surface area (Å²) in [4.78, 5) is 47.4. The van der Waals surface area contributed by atoms with E-state index >= 15 is 0 Å². The van der Waals surface area contributed by atoms with E-state index in [-0.39, 0.29) is 54.1 Å². The summed E-state index contributed by atoms with van der Waals surface area (Å²) in [5.74, 6) is -0.0712. The summed E-state index contributed by atoms with van der Waals surface area (Å²) in [7, 11) is 1.70. The Labute approximate surface area is 131 Å². The van der Waals surface area contributed by atoms with E-state index in [2.05, 4.69) is 5.32 Å². The second-order valence-electron chi connectivity index (χ2n) is 6.46. The maximum atomic E-state index is 11.9. The molecular formula is C16H26N2O4. The topological polar surface area (TPSA) is 83.5 Å². The van der Waals surface area contributed by atoms with Crippen LogP contribution >= 0.6 is 0 Å². The van der Waals surface area contributed by atoms with Crippen molar-refractivity contribution in [3.8, 4) is 0 Å². The number of rotatable bonds is 9. The number of amides is 2. The zero-order chi connectivity index (χ0) is 16.9. The smallest absolute Gasteiger partial charge is 0.229 e. The van der Waals surface area contributed by atoms with Crippen LogP contribution in [0, 0.1) is 11.8 Å². The number of hydrogen-bond acceptors (Lipinski definition) is 4. The first-order chi connectivity index (χ1) is 10.2. The Kier molecular flexibility index (Phi) is 6.71. The van der Waals surface area contributed by atoms with Crippen LogP contribution in [0.1, 0.15) is 46.5 Å². The minimum absolute atomic E-state index is 0.0416.